The summed E-state index contributed by atoms with van der Waals surface area (Å²) < 4.78 is 17.2. The molecular weight excluding hydrogens is 574 g/mol. The Kier molecular flexibility index (Phi) is 10.8. The zero-order valence-corrected chi connectivity index (χ0v) is 26.3. The van der Waals surface area contributed by atoms with Crippen molar-refractivity contribution in [3.63, 3.8) is 0 Å². The number of likely N-dealkylation sites (tertiary alicyclic amines) is 1. The van der Waals surface area contributed by atoms with Gasteiger partial charge in [-0.2, -0.15) is 0 Å². The van der Waals surface area contributed by atoms with Gasteiger partial charge in [-0.3, -0.25) is 14.5 Å². The quantitative estimate of drug-likeness (QED) is 0.0655. The summed E-state index contributed by atoms with van der Waals surface area (Å²) in [6.45, 7) is 5.85. The number of methoxy groups -OCH3 is 1. The number of hydrogen-bond acceptors (Lipinski definition) is 8. The van der Waals surface area contributed by atoms with Crippen molar-refractivity contribution >= 4 is 39.1 Å². The van der Waals surface area contributed by atoms with Crippen LogP contribution >= 0.6 is 11.3 Å². The van der Waals surface area contributed by atoms with Gasteiger partial charge in [0.25, 0.3) is 0 Å². The Bertz CT molecular complexity index is 1590. The molecule has 0 saturated carbocycles. The summed E-state index contributed by atoms with van der Waals surface area (Å²) in [6, 6.07) is 19.8. The minimum absolute atomic E-state index is 0.122. The minimum Gasteiger partial charge on any atom is -0.492 e. The largest absolute Gasteiger partial charge is 0.492 e. The number of carbonyl (C=O) groups excluding carboxylic acids is 3. The van der Waals surface area contributed by atoms with E-state index in [9.17, 15) is 14.4 Å². The fourth-order valence-electron chi connectivity index (χ4n) is 5.47. The number of unbranched alkanes of at least 4 members (excludes halogenated alkanes) is 2. The summed E-state index contributed by atoms with van der Waals surface area (Å²) in [5.74, 6) is 0.391. The number of hydrogen-bond donors (Lipinski definition) is 0. The average Bonchev–Trinajstić information content (AvgIpc) is 3.44. The first-order chi connectivity index (χ1) is 21.5. The number of fused-ring (bicyclic) bond motifs is 1. The van der Waals surface area contributed by atoms with Crippen LogP contribution in [0.25, 0.3) is 20.5 Å². The number of nitrogens with zero attached hydrogens (tertiary/aromatic N) is 1. The van der Waals surface area contributed by atoms with Gasteiger partial charge in [-0.05, 0) is 98.6 Å². The molecule has 0 radical (unpaired) electrons. The van der Waals surface area contributed by atoms with Gasteiger partial charge in [0.1, 0.15) is 18.1 Å². The van der Waals surface area contributed by atoms with E-state index in [0.29, 0.717) is 35.5 Å². The lowest BCUT2D eigenvalue weighted by Gasteiger charge is -2.26. The Labute approximate surface area is 262 Å². The highest BCUT2D eigenvalue weighted by Gasteiger charge is 2.23. The number of piperidine rings is 1. The number of benzene rings is 3. The van der Waals surface area contributed by atoms with Crippen molar-refractivity contribution in [3.05, 3.63) is 83.4 Å². The maximum atomic E-state index is 14.1. The number of carbonyl (C=O) groups is 3. The average molecular weight is 614 g/mol. The molecule has 1 saturated heterocycles. The lowest BCUT2D eigenvalue weighted by molar-refractivity contribution is -0.134. The highest BCUT2D eigenvalue weighted by Crippen LogP contribution is 2.41. The predicted molar refractivity (Wildman–Crippen MR) is 174 cm³/mol. The third-order valence-electron chi connectivity index (χ3n) is 7.91. The molecule has 0 aliphatic carbocycles. The van der Waals surface area contributed by atoms with Crippen LogP contribution in [0.3, 0.4) is 0 Å². The van der Waals surface area contributed by atoms with Crippen LogP contribution in [0.5, 0.6) is 11.5 Å². The van der Waals surface area contributed by atoms with Gasteiger partial charge in [-0.15, -0.1) is 11.3 Å². The van der Waals surface area contributed by atoms with E-state index in [1.807, 2.05) is 24.3 Å². The van der Waals surface area contributed by atoms with Crippen LogP contribution in [0.1, 0.15) is 78.1 Å². The second kappa shape index (κ2) is 15.1. The molecule has 1 aliphatic heterocycles. The van der Waals surface area contributed by atoms with Crippen LogP contribution in [0.2, 0.25) is 0 Å². The Morgan fingerprint density at radius 2 is 1.55 bits per heavy atom. The van der Waals surface area contributed by atoms with E-state index in [1.54, 1.807) is 42.5 Å². The minimum atomic E-state index is -0.435. The molecule has 1 aromatic heterocycles. The number of rotatable bonds is 13. The molecular formula is C36H39NO6S. The van der Waals surface area contributed by atoms with Crippen molar-refractivity contribution in [2.24, 2.45) is 0 Å². The molecule has 0 spiro atoms. The van der Waals surface area contributed by atoms with Gasteiger partial charge in [0, 0.05) is 39.1 Å². The van der Waals surface area contributed by atoms with Crippen LogP contribution in [0, 0.1) is 0 Å². The van der Waals surface area contributed by atoms with Crippen molar-refractivity contribution in [1.82, 2.24) is 4.90 Å². The van der Waals surface area contributed by atoms with Crippen molar-refractivity contribution in [3.8, 4) is 21.9 Å². The molecule has 8 heteroatoms. The van der Waals surface area contributed by atoms with E-state index < -0.39 is 5.97 Å². The smallest absolute Gasteiger partial charge is 0.337 e. The standard InChI is InChI=1S/C36H39NO6S/c1-3-4-6-9-32(38)43-29-17-12-26(13-18-29)35-33(30-19-14-27(36(40)41-2)24-31(30)44-35)34(39)25-10-15-28(16-11-25)42-23-22-37-20-7-5-8-21-37/h10-19,24H,3-9,20-23H2,1-2H3. The molecule has 0 amide bonds. The molecule has 44 heavy (non-hydrogen) atoms. The molecule has 5 rings (SSSR count). The Morgan fingerprint density at radius 3 is 2.25 bits per heavy atom. The highest BCUT2D eigenvalue weighted by molar-refractivity contribution is 7.22. The summed E-state index contributed by atoms with van der Waals surface area (Å²) in [5.41, 5.74) is 2.34. The Morgan fingerprint density at radius 1 is 0.841 bits per heavy atom. The van der Waals surface area contributed by atoms with Gasteiger partial charge in [0.2, 0.25) is 0 Å². The number of thiophene rings is 1. The third kappa shape index (κ3) is 7.73. The normalized spacial score (nSPS) is 13.5. The molecule has 1 aliphatic rings. The van der Waals surface area contributed by atoms with Gasteiger partial charge < -0.3 is 14.2 Å². The molecule has 2 heterocycles. The molecule has 4 aromatic rings. The molecule has 0 atom stereocenters. The monoisotopic (exact) mass is 613 g/mol. The molecule has 1 fully saturated rings. The Balaban J connectivity index is 1.38. The van der Waals surface area contributed by atoms with Crippen LogP contribution in [-0.4, -0.2) is 56.0 Å². The molecule has 230 valence electrons. The van der Waals surface area contributed by atoms with Gasteiger partial charge >= 0.3 is 11.9 Å². The SMILES string of the molecule is CCCCCC(=O)Oc1ccc(-c2sc3cc(C(=O)OC)ccc3c2C(=O)c2ccc(OCCN3CCCCC3)cc2)cc1. The topological polar surface area (TPSA) is 82.1 Å². The number of ketones is 1. The van der Waals surface area contributed by atoms with Crippen LogP contribution in [0.4, 0.5) is 0 Å². The van der Waals surface area contributed by atoms with Gasteiger partial charge in [0.15, 0.2) is 5.78 Å². The zero-order valence-electron chi connectivity index (χ0n) is 25.4. The van der Waals surface area contributed by atoms with E-state index in [1.165, 1.54) is 37.7 Å². The molecule has 7 nitrogen and oxygen atoms in total. The van der Waals surface area contributed by atoms with Crippen molar-refractivity contribution in [1.29, 1.82) is 0 Å². The summed E-state index contributed by atoms with van der Waals surface area (Å²) in [6.07, 6.45) is 7.02. The maximum absolute atomic E-state index is 14.1. The van der Waals surface area contributed by atoms with Crippen LogP contribution < -0.4 is 9.47 Å². The first-order valence-corrected chi connectivity index (χ1v) is 16.2. The molecule has 0 unspecified atom stereocenters. The van der Waals surface area contributed by atoms with E-state index >= 15 is 0 Å². The summed E-state index contributed by atoms with van der Waals surface area (Å²) in [5, 5.41) is 0.760. The van der Waals surface area contributed by atoms with Crippen molar-refractivity contribution in [2.75, 3.05) is 33.4 Å². The van der Waals surface area contributed by atoms with Crippen molar-refractivity contribution < 1.29 is 28.6 Å². The summed E-state index contributed by atoms with van der Waals surface area (Å²) >= 11 is 1.44. The van der Waals surface area contributed by atoms with Gasteiger partial charge in [-0.25, -0.2) is 4.79 Å². The van der Waals surface area contributed by atoms with Gasteiger partial charge in [0.05, 0.1) is 12.7 Å². The second-order valence-corrected chi connectivity index (χ2v) is 12.1. The highest BCUT2D eigenvalue weighted by atomic mass is 32.1. The second-order valence-electron chi connectivity index (χ2n) is 11.1. The first-order valence-electron chi connectivity index (χ1n) is 15.4. The summed E-state index contributed by atoms with van der Waals surface area (Å²) in [4.78, 5) is 41.7. The molecule has 3 aromatic carbocycles. The summed E-state index contributed by atoms with van der Waals surface area (Å²) in [7, 11) is 1.35. The van der Waals surface area contributed by atoms with Crippen LogP contribution in [-0.2, 0) is 9.53 Å². The van der Waals surface area contributed by atoms with Crippen molar-refractivity contribution in [2.45, 2.75) is 51.9 Å². The first kappa shape index (κ1) is 31.4. The van der Waals surface area contributed by atoms with Gasteiger partial charge in [-0.1, -0.05) is 32.3 Å². The lowest BCUT2D eigenvalue weighted by Crippen LogP contribution is -2.33. The van der Waals surface area contributed by atoms with E-state index in [4.69, 9.17) is 14.2 Å². The van der Waals surface area contributed by atoms with Crippen LogP contribution in [0.15, 0.2) is 66.7 Å². The zero-order chi connectivity index (χ0) is 30.9. The lowest BCUT2D eigenvalue weighted by atomic mass is 9.97. The predicted octanol–water partition coefficient (Wildman–Crippen LogP) is 7.94. The van der Waals surface area contributed by atoms with E-state index in [2.05, 4.69) is 11.8 Å². The van der Waals surface area contributed by atoms with E-state index in [0.717, 1.165) is 65.2 Å². The molecule has 0 bridgehead atoms. The number of esters is 2. The third-order valence-corrected chi connectivity index (χ3v) is 9.11. The molecule has 0 N–H and O–H groups in total. The fourth-order valence-corrected chi connectivity index (χ4v) is 6.71. The van der Waals surface area contributed by atoms with E-state index in [-0.39, 0.29) is 11.8 Å². The Hall–Kier alpha value is -4.01. The maximum Gasteiger partial charge on any atom is 0.337 e. The number of ether oxygens (including phenoxy) is 3. The fraction of sp³-hybridized carbons (Fsp3) is 0.361.